The minimum Gasteiger partial charge on any atom is -0.344 e. The molecule has 27 heavy (non-hydrogen) atoms. The van der Waals surface area contributed by atoms with Crippen LogP contribution in [0, 0.1) is 0 Å². The zero-order valence-corrected chi connectivity index (χ0v) is 15.2. The summed E-state index contributed by atoms with van der Waals surface area (Å²) in [6, 6.07) is 26.0. The van der Waals surface area contributed by atoms with Crippen LogP contribution in [0.25, 0.3) is 10.8 Å². The Morgan fingerprint density at radius 2 is 1.67 bits per heavy atom. The van der Waals surface area contributed by atoms with E-state index in [1.807, 2.05) is 6.20 Å². The largest absolute Gasteiger partial charge is 0.344 e. The molecular weight excluding hydrogens is 330 g/mol. The highest BCUT2D eigenvalue weighted by Crippen LogP contribution is 2.42. The quantitative estimate of drug-likeness (QED) is 0.502. The first kappa shape index (κ1) is 15.9. The number of fused-ring (bicyclic) bond motifs is 2. The van der Waals surface area contributed by atoms with Crippen molar-refractivity contribution >= 4 is 16.6 Å². The van der Waals surface area contributed by atoms with Gasteiger partial charge in [0.2, 0.25) is 0 Å². The van der Waals surface area contributed by atoms with Gasteiger partial charge in [0.05, 0.1) is 6.20 Å². The van der Waals surface area contributed by atoms with E-state index >= 15 is 0 Å². The van der Waals surface area contributed by atoms with Gasteiger partial charge in [0, 0.05) is 17.2 Å². The lowest BCUT2D eigenvalue weighted by Crippen LogP contribution is -2.18. The lowest BCUT2D eigenvalue weighted by atomic mass is 9.80. The van der Waals surface area contributed by atoms with Crippen LogP contribution in [0.15, 0.2) is 90.3 Å². The molecule has 3 aromatic carbocycles. The third-order valence-electron chi connectivity index (χ3n) is 5.47. The molecular formula is C24H21N3. The van der Waals surface area contributed by atoms with Crippen molar-refractivity contribution in [3.63, 3.8) is 0 Å². The molecule has 0 saturated carbocycles. The molecule has 3 heteroatoms. The van der Waals surface area contributed by atoms with Gasteiger partial charge in [-0.05, 0) is 40.8 Å². The van der Waals surface area contributed by atoms with Crippen LogP contribution in [0.3, 0.4) is 0 Å². The van der Waals surface area contributed by atoms with Gasteiger partial charge in [0.25, 0.3) is 0 Å². The van der Waals surface area contributed by atoms with Gasteiger partial charge in [0.1, 0.15) is 5.82 Å². The van der Waals surface area contributed by atoms with E-state index in [4.69, 9.17) is 0 Å². The Hall–Kier alpha value is -3.33. The number of hydrogen-bond acceptors (Lipinski definition) is 2. The van der Waals surface area contributed by atoms with Crippen molar-refractivity contribution < 1.29 is 0 Å². The van der Waals surface area contributed by atoms with E-state index < -0.39 is 0 Å². The summed E-state index contributed by atoms with van der Waals surface area (Å²) in [5, 5.41) is 13.5. The number of allylic oxidation sites excluding steroid dienone is 2. The van der Waals surface area contributed by atoms with Crippen molar-refractivity contribution in [2.75, 3.05) is 5.32 Å². The molecule has 2 N–H and O–H groups in total. The summed E-state index contributed by atoms with van der Waals surface area (Å²) in [7, 11) is 0. The van der Waals surface area contributed by atoms with E-state index in [1.165, 1.54) is 38.7 Å². The molecule has 5 rings (SSSR count). The molecule has 1 unspecified atom stereocenters. The molecule has 0 radical (unpaired) electrons. The highest BCUT2D eigenvalue weighted by molar-refractivity contribution is 5.83. The highest BCUT2D eigenvalue weighted by atomic mass is 15.2. The average Bonchev–Trinajstić information content (AvgIpc) is 3.17. The summed E-state index contributed by atoms with van der Waals surface area (Å²) in [5.74, 6) is 1.20. The average molecular weight is 351 g/mol. The van der Waals surface area contributed by atoms with Crippen molar-refractivity contribution in [1.82, 2.24) is 10.2 Å². The number of aromatic nitrogens is 2. The Labute approximate surface area is 158 Å². The van der Waals surface area contributed by atoms with E-state index in [0.29, 0.717) is 0 Å². The summed E-state index contributed by atoms with van der Waals surface area (Å²) in [4.78, 5) is 0. The van der Waals surface area contributed by atoms with Gasteiger partial charge < -0.3 is 5.32 Å². The SMILES string of the molecule is CC1=C(Cc2ccccc2)C(c2ccc3ccccc3c2)c2cn[nH]c2N1. The first-order valence-corrected chi connectivity index (χ1v) is 9.32. The van der Waals surface area contributed by atoms with E-state index in [2.05, 4.69) is 95.2 Å². The molecule has 1 aromatic heterocycles. The standard InChI is InChI=1S/C24H21N3/c1-16-21(13-17-7-3-2-4-8-17)23(22-15-25-27-24(22)26-16)20-12-11-18-9-5-6-10-19(18)14-20/h2-12,14-15,23H,13H2,1H3,(H2,25,26,27). The van der Waals surface area contributed by atoms with E-state index in [0.717, 1.165) is 12.2 Å². The second kappa shape index (κ2) is 6.44. The van der Waals surface area contributed by atoms with Crippen LogP contribution in [0.2, 0.25) is 0 Å². The lowest BCUT2D eigenvalue weighted by Gasteiger charge is -2.29. The first-order chi connectivity index (χ1) is 13.3. The predicted molar refractivity (Wildman–Crippen MR) is 111 cm³/mol. The zero-order valence-electron chi connectivity index (χ0n) is 15.2. The molecule has 1 aliphatic heterocycles. The van der Waals surface area contributed by atoms with Crippen LogP contribution < -0.4 is 5.32 Å². The summed E-state index contributed by atoms with van der Waals surface area (Å²) in [6.07, 6.45) is 2.88. The molecule has 0 saturated heterocycles. The molecule has 0 amide bonds. The van der Waals surface area contributed by atoms with Crippen molar-refractivity contribution in [1.29, 1.82) is 0 Å². The monoisotopic (exact) mass is 351 g/mol. The van der Waals surface area contributed by atoms with Gasteiger partial charge in [-0.15, -0.1) is 0 Å². The van der Waals surface area contributed by atoms with Gasteiger partial charge >= 0.3 is 0 Å². The number of rotatable bonds is 3. The molecule has 132 valence electrons. The topological polar surface area (TPSA) is 40.7 Å². The van der Waals surface area contributed by atoms with Crippen LogP contribution in [0.4, 0.5) is 5.82 Å². The third kappa shape index (κ3) is 2.81. The Morgan fingerprint density at radius 1 is 0.889 bits per heavy atom. The Morgan fingerprint density at radius 3 is 2.52 bits per heavy atom. The number of nitrogens with zero attached hydrogens (tertiary/aromatic N) is 1. The number of aromatic amines is 1. The fraction of sp³-hybridized carbons (Fsp3) is 0.125. The van der Waals surface area contributed by atoms with E-state index in [-0.39, 0.29) is 5.92 Å². The summed E-state index contributed by atoms with van der Waals surface area (Å²) in [5.41, 5.74) is 6.44. The van der Waals surface area contributed by atoms with Crippen molar-refractivity contribution in [3.05, 3.63) is 107 Å². The van der Waals surface area contributed by atoms with Crippen molar-refractivity contribution in [2.45, 2.75) is 19.3 Å². The molecule has 0 spiro atoms. The van der Waals surface area contributed by atoms with Crippen molar-refractivity contribution in [3.8, 4) is 0 Å². The number of H-pyrrole nitrogens is 1. The molecule has 2 heterocycles. The van der Waals surface area contributed by atoms with Gasteiger partial charge in [-0.2, -0.15) is 5.10 Å². The second-order valence-corrected chi connectivity index (χ2v) is 7.18. The fourth-order valence-electron chi connectivity index (χ4n) is 4.10. The molecule has 4 aromatic rings. The highest BCUT2D eigenvalue weighted by Gasteiger charge is 2.29. The number of hydrogen-bond donors (Lipinski definition) is 2. The Kier molecular flexibility index (Phi) is 3.79. The van der Waals surface area contributed by atoms with Gasteiger partial charge in [-0.25, -0.2) is 0 Å². The second-order valence-electron chi connectivity index (χ2n) is 7.18. The Balaban J connectivity index is 1.65. The van der Waals surface area contributed by atoms with Crippen molar-refractivity contribution in [2.24, 2.45) is 0 Å². The third-order valence-corrected chi connectivity index (χ3v) is 5.47. The van der Waals surface area contributed by atoms with Crippen LogP contribution in [-0.2, 0) is 6.42 Å². The predicted octanol–water partition coefficient (Wildman–Crippen LogP) is 5.64. The lowest BCUT2D eigenvalue weighted by molar-refractivity contribution is 0.859. The van der Waals surface area contributed by atoms with Crippen LogP contribution >= 0.6 is 0 Å². The molecule has 0 aliphatic carbocycles. The zero-order chi connectivity index (χ0) is 18.2. The van der Waals surface area contributed by atoms with Crippen LogP contribution in [-0.4, -0.2) is 10.2 Å². The molecule has 0 fully saturated rings. The smallest absolute Gasteiger partial charge is 0.129 e. The fourth-order valence-corrected chi connectivity index (χ4v) is 4.10. The maximum absolute atomic E-state index is 4.30. The summed E-state index contributed by atoms with van der Waals surface area (Å²) < 4.78 is 0. The first-order valence-electron chi connectivity index (χ1n) is 9.32. The van der Waals surface area contributed by atoms with Gasteiger partial charge in [0.15, 0.2) is 0 Å². The minimum absolute atomic E-state index is 0.199. The summed E-state index contributed by atoms with van der Waals surface area (Å²) >= 11 is 0. The molecule has 1 aliphatic rings. The maximum Gasteiger partial charge on any atom is 0.129 e. The summed E-state index contributed by atoms with van der Waals surface area (Å²) in [6.45, 7) is 2.16. The van der Waals surface area contributed by atoms with Gasteiger partial charge in [-0.3, -0.25) is 5.10 Å². The number of nitrogens with one attached hydrogen (secondary N) is 2. The number of anilines is 1. The minimum atomic E-state index is 0.199. The molecule has 0 bridgehead atoms. The number of benzene rings is 3. The maximum atomic E-state index is 4.30. The molecule has 3 nitrogen and oxygen atoms in total. The normalized spacial score (nSPS) is 16.3. The van der Waals surface area contributed by atoms with Gasteiger partial charge in [-0.1, -0.05) is 72.8 Å². The van der Waals surface area contributed by atoms with E-state index in [1.54, 1.807) is 0 Å². The van der Waals surface area contributed by atoms with Crippen LogP contribution in [0.5, 0.6) is 0 Å². The Bertz CT molecular complexity index is 1140. The van der Waals surface area contributed by atoms with E-state index in [9.17, 15) is 0 Å². The molecule has 1 atom stereocenters. The van der Waals surface area contributed by atoms with Crippen LogP contribution in [0.1, 0.15) is 29.5 Å².